The van der Waals surface area contributed by atoms with Gasteiger partial charge in [0.2, 0.25) is 12.7 Å². The van der Waals surface area contributed by atoms with E-state index in [-0.39, 0.29) is 24.2 Å². The number of fused-ring (bicyclic) bond motifs is 1. The summed E-state index contributed by atoms with van der Waals surface area (Å²) in [4.78, 5) is 41.5. The molecule has 1 heterocycles. The van der Waals surface area contributed by atoms with Gasteiger partial charge in [0.15, 0.2) is 11.5 Å². The number of hydrogen-bond donors (Lipinski definition) is 3. The third-order valence-electron chi connectivity index (χ3n) is 6.39. The third-order valence-corrected chi connectivity index (χ3v) is 7.40. The van der Waals surface area contributed by atoms with Crippen LogP contribution >= 0.6 is 11.8 Å². The first kappa shape index (κ1) is 29.3. The summed E-state index contributed by atoms with van der Waals surface area (Å²) in [5, 5.41) is 8.46. The van der Waals surface area contributed by atoms with Crippen molar-refractivity contribution in [2.45, 2.75) is 4.90 Å². The zero-order valence-corrected chi connectivity index (χ0v) is 24.4. The van der Waals surface area contributed by atoms with Crippen LogP contribution in [0.1, 0.15) is 15.9 Å². The van der Waals surface area contributed by atoms with E-state index in [1.165, 1.54) is 11.8 Å². The number of ether oxygens (including phenoxy) is 2. The van der Waals surface area contributed by atoms with Crippen LogP contribution in [0.25, 0.3) is 6.08 Å². The van der Waals surface area contributed by atoms with E-state index < -0.39 is 11.8 Å². The molecule has 0 aliphatic carbocycles. The van der Waals surface area contributed by atoms with E-state index in [2.05, 4.69) is 16.0 Å². The molecule has 1 aliphatic rings. The Labute approximate surface area is 253 Å². The Balaban J connectivity index is 1.21. The first-order valence-corrected chi connectivity index (χ1v) is 14.4. The van der Waals surface area contributed by atoms with Crippen molar-refractivity contribution in [3.05, 3.63) is 114 Å². The first-order valence-electron chi connectivity index (χ1n) is 13.4. The monoisotopic (exact) mass is 594 g/mol. The second-order valence-corrected chi connectivity index (χ2v) is 10.8. The predicted molar refractivity (Wildman–Crippen MR) is 170 cm³/mol. The molecule has 3 amide bonds. The molecule has 4 aromatic carbocycles. The Morgan fingerprint density at radius 3 is 2.23 bits per heavy atom. The standard InChI is InChI=1S/C33H30N4O5S/c1-37(2)26-13-8-22(9-14-26)18-28(36-32(39)23-6-4-3-5-7-23)33(40)35-24-10-15-27(16-11-24)43-20-31(38)34-25-12-17-29-30(19-25)42-21-41-29/h3-19H,20-21H2,1-2H3,(H,34,38)(H,35,40)(H,36,39)/b28-18-. The number of carbonyl (C=O) groups is 3. The van der Waals surface area contributed by atoms with E-state index >= 15 is 0 Å². The maximum Gasteiger partial charge on any atom is 0.272 e. The number of benzene rings is 4. The van der Waals surface area contributed by atoms with Crippen LogP contribution in [0, 0.1) is 0 Å². The zero-order chi connectivity index (χ0) is 30.2. The van der Waals surface area contributed by atoms with Gasteiger partial charge < -0.3 is 30.3 Å². The second-order valence-electron chi connectivity index (χ2n) is 9.75. The molecule has 3 N–H and O–H groups in total. The molecule has 0 aromatic heterocycles. The number of anilines is 3. The number of hydrogen-bond acceptors (Lipinski definition) is 7. The van der Waals surface area contributed by atoms with Gasteiger partial charge in [-0.1, -0.05) is 30.3 Å². The van der Waals surface area contributed by atoms with Crippen LogP contribution in [0.5, 0.6) is 11.5 Å². The minimum absolute atomic E-state index is 0.102. The van der Waals surface area contributed by atoms with Crippen molar-refractivity contribution >= 4 is 52.6 Å². The molecule has 0 saturated heterocycles. The fourth-order valence-electron chi connectivity index (χ4n) is 4.13. The van der Waals surface area contributed by atoms with Crippen LogP contribution in [-0.2, 0) is 9.59 Å². The van der Waals surface area contributed by atoms with E-state index in [0.29, 0.717) is 28.4 Å². The molecule has 0 fully saturated rings. The molecular formula is C33H30N4O5S. The average Bonchev–Trinajstić information content (AvgIpc) is 3.49. The minimum Gasteiger partial charge on any atom is -0.454 e. The van der Waals surface area contributed by atoms with Gasteiger partial charge in [-0.15, -0.1) is 11.8 Å². The largest absolute Gasteiger partial charge is 0.454 e. The fourth-order valence-corrected chi connectivity index (χ4v) is 4.83. The molecule has 218 valence electrons. The second kappa shape index (κ2) is 13.6. The average molecular weight is 595 g/mol. The number of nitrogens with one attached hydrogen (secondary N) is 3. The zero-order valence-electron chi connectivity index (χ0n) is 23.6. The van der Waals surface area contributed by atoms with Crippen molar-refractivity contribution in [2.24, 2.45) is 0 Å². The number of carbonyl (C=O) groups excluding carboxylic acids is 3. The van der Waals surface area contributed by atoms with Crippen LogP contribution < -0.4 is 30.3 Å². The van der Waals surface area contributed by atoms with Gasteiger partial charge in [-0.05, 0) is 72.3 Å². The normalized spacial score (nSPS) is 11.9. The summed E-state index contributed by atoms with van der Waals surface area (Å²) >= 11 is 1.37. The highest BCUT2D eigenvalue weighted by atomic mass is 32.2. The lowest BCUT2D eigenvalue weighted by Crippen LogP contribution is -2.30. The summed E-state index contributed by atoms with van der Waals surface area (Å²) in [6, 6.07) is 28.7. The van der Waals surface area contributed by atoms with E-state index in [9.17, 15) is 14.4 Å². The number of thioether (sulfide) groups is 1. The van der Waals surface area contributed by atoms with Crippen molar-refractivity contribution in [1.29, 1.82) is 0 Å². The van der Waals surface area contributed by atoms with E-state index in [0.717, 1.165) is 16.1 Å². The molecule has 43 heavy (non-hydrogen) atoms. The van der Waals surface area contributed by atoms with Crippen LogP contribution in [0.4, 0.5) is 17.1 Å². The van der Waals surface area contributed by atoms with Gasteiger partial charge in [0.25, 0.3) is 11.8 Å². The third kappa shape index (κ3) is 7.96. The van der Waals surface area contributed by atoms with Gasteiger partial charge in [0, 0.05) is 47.7 Å². The van der Waals surface area contributed by atoms with Crippen molar-refractivity contribution in [3.8, 4) is 11.5 Å². The highest BCUT2D eigenvalue weighted by Crippen LogP contribution is 2.34. The van der Waals surface area contributed by atoms with E-state index in [4.69, 9.17) is 9.47 Å². The number of nitrogens with zero attached hydrogens (tertiary/aromatic N) is 1. The lowest BCUT2D eigenvalue weighted by atomic mass is 10.1. The minimum atomic E-state index is -0.468. The summed E-state index contributed by atoms with van der Waals surface area (Å²) < 4.78 is 10.6. The molecule has 9 nitrogen and oxygen atoms in total. The van der Waals surface area contributed by atoms with Gasteiger partial charge in [0.1, 0.15) is 5.70 Å². The van der Waals surface area contributed by atoms with Crippen molar-refractivity contribution in [2.75, 3.05) is 42.2 Å². The van der Waals surface area contributed by atoms with Gasteiger partial charge >= 0.3 is 0 Å². The van der Waals surface area contributed by atoms with Crippen LogP contribution in [0.2, 0.25) is 0 Å². The summed E-state index contributed by atoms with van der Waals surface area (Å²) in [6.07, 6.45) is 1.64. The highest BCUT2D eigenvalue weighted by molar-refractivity contribution is 8.00. The molecule has 10 heteroatoms. The van der Waals surface area contributed by atoms with Gasteiger partial charge in [-0.25, -0.2) is 0 Å². The SMILES string of the molecule is CN(C)c1ccc(/C=C(\NC(=O)c2ccccc2)C(=O)Nc2ccc(SCC(=O)Nc3ccc4c(c3)OCO4)cc2)cc1. The highest BCUT2D eigenvalue weighted by Gasteiger charge is 2.16. The van der Waals surface area contributed by atoms with Crippen LogP contribution in [0.3, 0.4) is 0 Å². The topological polar surface area (TPSA) is 109 Å². The van der Waals surface area contributed by atoms with Crippen LogP contribution in [0.15, 0.2) is 108 Å². The Hall–Kier alpha value is -5.22. The van der Waals surface area contributed by atoms with Crippen molar-refractivity contribution < 1.29 is 23.9 Å². The van der Waals surface area contributed by atoms with E-state index in [1.54, 1.807) is 60.7 Å². The predicted octanol–water partition coefficient (Wildman–Crippen LogP) is 5.62. The van der Waals surface area contributed by atoms with E-state index in [1.807, 2.05) is 61.5 Å². The Morgan fingerprint density at radius 1 is 0.814 bits per heavy atom. The Kier molecular flexibility index (Phi) is 9.28. The van der Waals surface area contributed by atoms with Crippen molar-refractivity contribution in [1.82, 2.24) is 5.32 Å². The molecule has 5 rings (SSSR count). The molecule has 1 aliphatic heterocycles. The van der Waals surface area contributed by atoms with Crippen LogP contribution in [-0.4, -0.2) is 44.4 Å². The van der Waals surface area contributed by atoms with Gasteiger partial charge in [-0.3, -0.25) is 14.4 Å². The molecule has 0 radical (unpaired) electrons. The molecular weight excluding hydrogens is 564 g/mol. The lowest BCUT2D eigenvalue weighted by Gasteiger charge is -2.13. The molecule has 0 spiro atoms. The number of rotatable bonds is 10. The Morgan fingerprint density at radius 2 is 1.51 bits per heavy atom. The van der Waals surface area contributed by atoms with Gasteiger partial charge in [0.05, 0.1) is 5.75 Å². The van der Waals surface area contributed by atoms with Gasteiger partial charge in [-0.2, -0.15) is 0 Å². The fraction of sp³-hybridized carbons (Fsp3) is 0.121. The molecule has 0 atom stereocenters. The smallest absolute Gasteiger partial charge is 0.272 e. The number of amides is 3. The molecule has 0 unspecified atom stereocenters. The quantitative estimate of drug-likeness (QED) is 0.162. The molecule has 0 saturated carbocycles. The summed E-state index contributed by atoms with van der Waals surface area (Å²) in [5.74, 6) is 0.429. The lowest BCUT2D eigenvalue weighted by molar-refractivity contribution is -0.114. The summed E-state index contributed by atoms with van der Waals surface area (Å²) in [7, 11) is 3.90. The maximum atomic E-state index is 13.3. The van der Waals surface area contributed by atoms with Crippen molar-refractivity contribution in [3.63, 3.8) is 0 Å². The summed E-state index contributed by atoms with van der Waals surface area (Å²) in [6.45, 7) is 0.170. The molecule has 4 aromatic rings. The maximum absolute atomic E-state index is 13.3. The molecule has 0 bridgehead atoms. The summed E-state index contributed by atoms with van der Waals surface area (Å²) in [5.41, 5.74) is 3.49. The first-order chi connectivity index (χ1) is 20.8. The Bertz CT molecular complexity index is 1640.